The smallest absolute Gasteiger partial charge is 0.144 e. The van der Waals surface area contributed by atoms with Gasteiger partial charge in [-0.2, -0.15) is 5.26 Å². The summed E-state index contributed by atoms with van der Waals surface area (Å²) in [5, 5.41) is 11.8. The van der Waals surface area contributed by atoms with Crippen molar-refractivity contribution in [2.24, 2.45) is 5.92 Å². The van der Waals surface area contributed by atoms with E-state index in [2.05, 4.69) is 5.32 Å². The summed E-state index contributed by atoms with van der Waals surface area (Å²) in [6.45, 7) is 3.29. The predicted molar refractivity (Wildman–Crippen MR) is 59.7 cm³/mol. The van der Waals surface area contributed by atoms with Crippen LogP contribution in [0.3, 0.4) is 0 Å². The predicted octanol–water partition coefficient (Wildman–Crippen LogP) is 1.93. The van der Waals surface area contributed by atoms with E-state index in [-0.39, 0.29) is 5.56 Å². The number of nitrogens with zero attached hydrogens (tertiary/aromatic N) is 1. The van der Waals surface area contributed by atoms with Crippen molar-refractivity contribution in [1.29, 1.82) is 5.26 Å². The molecule has 0 saturated carbocycles. The summed E-state index contributed by atoms with van der Waals surface area (Å²) in [6.07, 6.45) is 0. The first-order valence-electron chi connectivity index (χ1n) is 5.15. The molecule has 0 bridgehead atoms. The van der Waals surface area contributed by atoms with Crippen LogP contribution in [0.15, 0.2) is 18.2 Å². The molecular formula is C12H15FN2O. The van der Waals surface area contributed by atoms with Crippen molar-refractivity contribution < 1.29 is 9.13 Å². The number of ether oxygens (including phenoxy) is 1. The first kappa shape index (κ1) is 12.5. The van der Waals surface area contributed by atoms with Crippen molar-refractivity contribution >= 4 is 0 Å². The number of benzene rings is 1. The molecule has 0 aliphatic rings. The molecule has 3 nitrogen and oxygen atoms in total. The highest BCUT2D eigenvalue weighted by molar-refractivity contribution is 5.43. The third kappa shape index (κ3) is 3.21. The van der Waals surface area contributed by atoms with Gasteiger partial charge in [0.05, 0.1) is 6.61 Å². The monoisotopic (exact) mass is 222 g/mol. The summed E-state index contributed by atoms with van der Waals surface area (Å²) in [5.74, 6) is 0.0755. The van der Waals surface area contributed by atoms with Crippen LogP contribution < -0.4 is 10.1 Å². The fourth-order valence-corrected chi connectivity index (χ4v) is 1.37. The summed E-state index contributed by atoms with van der Waals surface area (Å²) in [7, 11) is 1.86. The Hall–Kier alpha value is -1.60. The number of rotatable bonds is 5. The number of hydrogen-bond donors (Lipinski definition) is 1. The highest BCUT2D eigenvalue weighted by Crippen LogP contribution is 2.20. The van der Waals surface area contributed by atoms with Crippen LogP contribution in [0.4, 0.5) is 4.39 Å². The van der Waals surface area contributed by atoms with Gasteiger partial charge in [-0.05, 0) is 19.2 Å². The molecule has 0 amide bonds. The van der Waals surface area contributed by atoms with Gasteiger partial charge in [-0.25, -0.2) is 4.39 Å². The topological polar surface area (TPSA) is 45.0 Å². The van der Waals surface area contributed by atoms with E-state index in [4.69, 9.17) is 10.00 Å². The molecular weight excluding hydrogens is 207 g/mol. The normalized spacial score (nSPS) is 11.9. The third-order valence-corrected chi connectivity index (χ3v) is 2.16. The van der Waals surface area contributed by atoms with Gasteiger partial charge in [0.15, 0.2) is 0 Å². The van der Waals surface area contributed by atoms with Crippen molar-refractivity contribution in [3.63, 3.8) is 0 Å². The summed E-state index contributed by atoms with van der Waals surface area (Å²) in [5.41, 5.74) is -0.0286. The van der Waals surface area contributed by atoms with Crippen molar-refractivity contribution in [1.82, 2.24) is 5.32 Å². The van der Waals surface area contributed by atoms with Crippen molar-refractivity contribution in [2.75, 3.05) is 20.2 Å². The lowest BCUT2D eigenvalue weighted by Gasteiger charge is -2.13. The summed E-state index contributed by atoms with van der Waals surface area (Å²) in [6, 6.07) is 6.20. The minimum Gasteiger partial charge on any atom is -0.492 e. The lowest BCUT2D eigenvalue weighted by Crippen LogP contribution is -2.21. The largest absolute Gasteiger partial charge is 0.492 e. The SMILES string of the molecule is CNCC(C)COc1cccc(F)c1C#N. The van der Waals surface area contributed by atoms with Crippen LogP contribution in [0.2, 0.25) is 0 Å². The van der Waals surface area contributed by atoms with Gasteiger partial charge in [0.2, 0.25) is 0 Å². The van der Waals surface area contributed by atoms with Crippen LogP contribution in [0.25, 0.3) is 0 Å². The van der Waals surface area contributed by atoms with E-state index < -0.39 is 5.82 Å². The van der Waals surface area contributed by atoms with Crippen LogP contribution in [-0.4, -0.2) is 20.2 Å². The highest BCUT2D eigenvalue weighted by Gasteiger charge is 2.10. The van der Waals surface area contributed by atoms with Gasteiger partial charge in [-0.1, -0.05) is 13.0 Å². The molecule has 16 heavy (non-hydrogen) atoms. The Morgan fingerprint density at radius 2 is 2.31 bits per heavy atom. The van der Waals surface area contributed by atoms with Gasteiger partial charge in [0, 0.05) is 12.5 Å². The molecule has 0 aliphatic carbocycles. The lowest BCUT2D eigenvalue weighted by atomic mass is 10.2. The van der Waals surface area contributed by atoms with E-state index in [9.17, 15) is 4.39 Å². The zero-order valence-electron chi connectivity index (χ0n) is 9.46. The molecule has 0 heterocycles. The van der Waals surface area contributed by atoms with E-state index in [1.807, 2.05) is 14.0 Å². The molecule has 0 spiro atoms. The number of hydrogen-bond acceptors (Lipinski definition) is 3. The Morgan fingerprint density at radius 3 is 2.94 bits per heavy atom. The molecule has 1 aromatic rings. The van der Waals surface area contributed by atoms with Crippen LogP contribution in [-0.2, 0) is 0 Å². The molecule has 0 aliphatic heterocycles. The quantitative estimate of drug-likeness (QED) is 0.828. The maximum atomic E-state index is 13.2. The first-order chi connectivity index (χ1) is 7.69. The highest BCUT2D eigenvalue weighted by atomic mass is 19.1. The summed E-state index contributed by atoms with van der Waals surface area (Å²) in [4.78, 5) is 0. The molecule has 0 saturated heterocycles. The molecule has 0 radical (unpaired) electrons. The van der Waals surface area contributed by atoms with E-state index in [0.29, 0.717) is 18.3 Å². The molecule has 1 aromatic carbocycles. The Bertz CT molecular complexity index is 387. The van der Waals surface area contributed by atoms with Crippen LogP contribution in [0.5, 0.6) is 5.75 Å². The maximum absolute atomic E-state index is 13.2. The molecule has 86 valence electrons. The Labute approximate surface area is 94.8 Å². The Morgan fingerprint density at radius 1 is 1.56 bits per heavy atom. The first-order valence-corrected chi connectivity index (χ1v) is 5.15. The second kappa shape index (κ2) is 6.09. The van der Waals surface area contributed by atoms with Crippen LogP contribution in [0.1, 0.15) is 12.5 Å². The average Bonchev–Trinajstić information content (AvgIpc) is 2.27. The number of halogens is 1. The second-order valence-corrected chi connectivity index (χ2v) is 3.70. The standard InChI is InChI=1S/C12H15FN2O/c1-9(7-15-2)8-16-12-5-3-4-11(13)10(12)6-14/h3-5,9,15H,7-8H2,1-2H3. The van der Waals surface area contributed by atoms with Gasteiger partial charge < -0.3 is 10.1 Å². The molecule has 1 N–H and O–H groups in total. The molecule has 1 unspecified atom stereocenters. The minimum atomic E-state index is -0.540. The van der Waals surface area contributed by atoms with E-state index in [1.165, 1.54) is 12.1 Å². The zero-order valence-corrected chi connectivity index (χ0v) is 9.46. The minimum absolute atomic E-state index is 0.0286. The molecule has 1 rings (SSSR count). The van der Waals surface area contributed by atoms with Gasteiger partial charge in [-0.15, -0.1) is 0 Å². The zero-order chi connectivity index (χ0) is 12.0. The second-order valence-electron chi connectivity index (χ2n) is 3.70. The number of nitrogens with one attached hydrogen (secondary N) is 1. The van der Waals surface area contributed by atoms with Crippen LogP contribution in [0, 0.1) is 23.1 Å². The van der Waals surface area contributed by atoms with E-state index >= 15 is 0 Å². The number of nitriles is 1. The van der Waals surface area contributed by atoms with Crippen LogP contribution >= 0.6 is 0 Å². The summed E-state index contributed by atoms with van der Waals surface area (Å²) < 4.78 is 18.6. The van der Waals surface area contributed by atoms with Crippen molar-refractivity contribution in [2.45, 2.75) is 6.92 Å². The van der Waals surface area contributed by atoms with Gasteiger partial charge in [0.25, 0.3) is 0 Å². The summed E-state index contributed by atoms with van der Waals surface area (Å²) >= 11 is 0. The van der Waals surface area contributed by atoms with Gasteiger partial charge >= 0.3 is 0 Å². The molecule has 0 fully saturated rings. The van der Waals surface area contributed by atoms with E-state index in [1.54, 1.807) is 12.1 Å². The van der Waals surface area contributed by atoms with Gasteiger partial charge in [0.1, 0.15) is 23.2 Å². The Kier molecular flexibility index (Phi) is 4.74. The fourth-order valence-electron chi connectivity index (χ4n) is 1.37. The van der Waals surface area contributed by atoms with Gasteiger partial charge in [-0.3, -0.25) is 0 Å². The lowest BCUT2D eigenvalue weighted by molar-refractivity contribution is 0.256. The molecule has 4 heteroatoms. The maximum Gasteiger partial charge on any atom is 0.144 e. The fraction of sp³-hybridized carbons (Fsp3) is 0.417. The average molecular weight is 222 g/mol. The molecule has 0 aromatic heterocycles. The molecule has 1 atom stereocenters. The van der Waals surface area contributed by atoms with Crippen molar-refractivity contribution in [3.8, 4) is 11.8 Å². The van der Waals surface area contributed by atoms with E-state index in [0.717, 1.165) is 6.54 Å². The van der Waals surface area contributed by atoms with Crippen molar-refractivity contribution in [3.05, 3.63) is 29.6 Å². The Balaban J connectivity index is 2.67. The third-order valence-electron chi connectivity index (χ3n) is 2.16.